The minimum absolute atomic E-state index is 0.232. The molecule has 1 atom stereocenters. The molecule has 2 aromatic carbocycles. The lowest BCUT2D eigenvalue weighted by Gasteiger charge is -2.27. The molecule has 2 aromatic heterocycles. The van der Waals surface area contributed by atoms with Crippen molar-refractivity contribution in [2.45, 2.75) is 19.4 Å². The van der Waals surface area contributed by atoms with Gasteiger partial charge in [0.15, 0.2) is 17.6 Å². The second-order valence-electron chi connectivity index (χ2n) is 7.02. The average Bonchev–Trinajstić information content (AvgIpc) is 2.82. The van der Waals surface area contributed by atoms with Gasteiger partial charge >= 0.3 is 5.97 Å². The van der Waals surface area contributed by atoms with Crippen molar-refractivity contribution in [3.8, 4) is 5.75 Å². The smallest absolute Gasteiger partial charge is 0.356 e. The van der Waals surface area contributed by atoms with Crippen LogP contribution >= 0.6 is 0 Å². The van der Waals surface area contributed by atoms with Crippen LogP contribution in [0.25, 0.3) is 21.8 Å². The van der Waals surface area contributed by atoms with E-state index in [0.717, 1.165) is 33.8 Å². The first-order chi connectivity index (χ1) is 14.8. The lowest BCUT2D eigenvalue weighted by Crippen LogP contribution is -2.30. The van der Waals surface area contributed by atoms with Crippen LogP contribution in [0, 0.1) is 0 Å². The van der Waals surface area contributed by atoms with Crippen LogP contribution < -0.4 is 4.74 Å². The van der Waals surface area contributed by atoms with Crippen LogP contribution in [-0.2, 0) is 9.53 Å². The molecule has 0 spiro atoms. The van der Waals surface area contributed by atoms with Crippen molar-refractivity contribution in [1.29, 1.82) is 0 Å². The number of rotatable bonds is 4. The van der Waals surface area contributed by atoms with Crippen LogP contribution in [0.2, 0.25) is 0 Å². The number of carbonyl (C=O) groups is 1. The molecule has 0 saturated carbocycles. The van der Waals surface area contributed by atoms with Gasteiger partial charge in [-0.3, -0.25) is 9.97 Å². The Labute approximate surface area is 173 Å². The Kier molecular flexibility index (Phi) is 4.59. The van der Waals surface area contributed by atoms with Crippen LogP contribution in [-0.4, -0.2) is 28.3 Å². The molecule has 0 aliphatic carbocycles. The molecular weight excluding hydrogens is 378 g/mol. The number of carbonyl (C=O) groups excluding carboxylic acids is 1. The van der Waals surface area contributed by atoms with Gasteiger partial charge in [-0.05, 0) is 36.2 Å². The Morgan fingerprint density at radius 1 is 0.967 bits per heavy atom. The molecule has 0 fully saturated rings. The third-order valence-electron chi connectivity index (χ3n) is 5.02. The molecular formula is C24H19N3O3. The Morgan fingerprint density at radius 2 is 1.67 bits per heavy atom. The summed E-state index contributed by atoms with van der Waals surface area (Å²) in [7, 11) is 0. The van der Waals surface area contributed by atoms with Crippen LogP contribution in [0.15, 0.2) is 72.0 Å². The van der Waals surface area contributed by atoms with Crippen molar-refractivity contribution in [3.63, 3.8) is 0 Å². The maximum Gasteiger partial charge on any atom is 0.356 e. The fourth-order valence-electron chi connectivity index (χ4n) is 3.67. The fourth-order valence-corrected chi connectivity index (χ4v) is 3.67. The molecule has 1 aliphatic heterocycles. The molecule has 0 N–H and O–H groups in total. The summed E-state index contributed by atoms with van der Waals surface area (Å²) < 4.78 is 11.9. The number of pyridine rings is 2. The number of ether oxygens (including phenoxy) is 2. The molecule has 0 saturated heterocycles. The highest BCUT2D eigenvalue weighted by atomic mass is 16.5. The molecule has 0 radical (unpaired) electrons. The van der Waals surface area contributed by atoms with Gasteiger partial charge in [0.1, 0.15) is 11.2 Å². The number of hydrogen-bond donors (Lipinski definition) is 0. The van der Waals surface area contributed by atoms with Crippen molar-refractivity contribution in [1.82, 2.24) is 9.97 Å². The highest BCUT2D eigenvalue weighted by Gasteiger charge is 2.34. The average molecular weight is 397 g/mol. The molecule has 0 bridgehead atoms. The third kappa shape index (κ3) is 2.97. The molecule has 6 heteroatoms. The molecule has 5 rings (SSSR count). The quantitative estimate of drug-likeness (QED) is 0.360. The lowest BCUT2D eigenvalue weighted by molar-refractivity contribution is -0.136. The Hall–Kier alpha value is -3.80. The summed E-state index contributed by atoms with van der Waals surface area (Å²) in [5, 5.41) is 1.59. The summed E-state index contributed by atoms with van der Waals surface area (Å²) >= 11 is 0. The SMILES string of the molecule is CCCOC(=O)C1=Nc2c(c3cccnc3c3ncccc23)O[C@H]1c1ccccc1. The van der Waals surface area contributed by atoms with Crippen molar-refractivity contribution < 1.29 is 14.3 Å². The predicted molar refractivity (Wildman–Crippen MR) is 115 cm³/mol. The van der Waals surface area contributed by atoms with E-state index in [2.05, 4.69) is 9.97 Å². The molecule has 4 aromatic rings. The van der Waals surface area contributed by atoms with E-state index in [4.69, 9.17) is 14.5 Å². The predicted octanol–water partition coefficient (Wildman–Crippen LogP) is 4.94. The van der Waals surface area contributed by atoms with E-state index in [1.54, 1.807) is 12.4 Å². The number of esters is 1. The van der Waals surface area contributed by atoms with Crippen LogP contribution in [0.3, 0.4) is 0 Å². The standard InChI is InChI=1S/C24H19N3O3/c1-2-14-29-24(28)21-22(15-8-4-3-5-9-15)30-23-17-11-7-13-26-19(17)18-16(20(23)27-21)10-6-12-25-18/h3-13,22H,2,14H2,1H3/t22-/m0/s1. The largest absolute Gasteiger partial charge is 0.476 e. The van der Waals surface area contributed by atoms with Gasteiger partial charge in [-0.1, -0.05) is 37.3 Å². The summed E-state index contributed by atoms with van der Waals surface area (Å²) in [6.45, 7) is 2.28. The molecule has 6 nitrogen and oxygen atoms in total. The first-order valence-corrected chi connectivity index (χ1v) is 9.90. The highest BCUT2D eigenvalue weighted by Crippen LogP contribution is 2.47. The minimum Gasteiger partial charge on any atom is -0.476 e. The number of hydrogen-bond acceptors (Lipinski definition) is 6. The number of fused-ring (bicyclic) bond motifs is 6. The van der Waals surface area contributed by atoms with E-state index in [0.29, 0.717) is 18.0 Å². The van der Waals surface area contributed by atoms with E-state index < -0.39 is 12.1 Å². The second kappa shape index (κ2) is 7.55. The van der Waals surface area contributed by atoms with Gasteiger partial charge in [0, 0.05) is 23.2 Å². The molecule has 0 amide bonds. The molecule has 0 unspecified atom stereocenters. The van der Waals surface area contributed by atoms with Gasteiger partial charge < -0.3 is 9.47 Å². The number of aromatic nitrogens is 2. The topological polar surface area (TPSA) is 73.7 Å². The minimum atomic E-state index is -0.666. The Balaban J connectivity index is 1.78. The monoisotopic (exact) mass is 397 g/mol. The second-order valence-corrected chi connectivity index (χ2v) is 7.02. The normalized spacial score (nSPS) is 15.4. The van der Waals surface area contributed by atoms with Crippen molar-refractivity contribution in [3.05, 3.63) is 72.6 Å². The van der Waals surface area contributed by atoms with Gasteiger partial charge in [-0.15, -0.1) is 0 Å². The molecule has 30 heavy (non-hydrogen) atoms. The summed E-state index contributed by atoms with van der Waals surface area (Å²) in [6.07, 6.45) is 3.52. The lowest BCUT2D eigenvalue weighted by atomic mass is 10.0. The maximum absolute atomic E-state index is 12.9. The number of nitrogens with zero attached hydrogens (tertiary/aromatic N) is 3. The number of aliphatic imine (C=N–C) groups is 1. The zero-order valence-corrected chi connectivity index (χ0v) is 16.4. The Bertz CT molecular complexity index is 1290. The van der Waals surface area contributed by atoms with E-state index in [1.165, 1.54) is 0 Å². The van der Waals surface area contributed by atoms with Crippen molar-refractivity contribution in [2.24, 2.45) is 4.99 Å². The molecule has 1 aliphatic rings. The summed E-state index contributed by atoms with van der Waals surface area (Å²) in [5.41, 5.74) is 3.10. The van der Waals surface area contributed by atoms with Gasteiger partial charge in [-0.25, -0.2) is 9.79 Å². The molecule has 148 valence electrons. The van der Waals surface area contributed by atoms with Crippen LogP contribution in [0.4, 0.5) is 5.69 Å². The van der Waals surface area contributed by atoms with E-state index >= 15 is 0 Å². The highest BCUT2D eigenvalue weighted by molar-refractivity contribution is 6.39. The van der Waals surface area contributed by atoms with Crippen LogP contribution in [0.5, 0.6) is 5.75 Å². The summed E-state index contributed by atoms with van der Waals surface area (Å²) in [4.78, 5) is 26.7. The van der Waals surface area contributed by atoms with Gasteiger partial charge in [-0.2, -0.15) is 0 Å². The first kappa shape index (κ1) is 18.2. The van der Waals surface area contributed by atoms with Gasteiger partial charge in [0.05, 0.1) is 12.1 Å². The zero-order valence-electron chi connectivity index (χ0n) is 16.4. The van der Waals surface area contributed by atoms with Crippen molar-refractivity contribution in [2.75, 3.05) is 6.61 Å². The third-order valence-corrected chi connectivity index (χ3v) is 5.02. The number of benzene rings is 2. The fraction of sp³-hybridized carbons (Fsp3) is 0.167. The van der Waals surface area contributed by atoms with E-state index in [-0.39, 0.29) is 5.71 Å². The maximum atomic E-state index is 12.9. The Morgan fingerprint density at radius 3 is 2.40 bits per heavy atom. The van der Waals surface area contributed by atoms with Gasteiger partial charge in [0.2, 0.25) is 0 Å². The van der Waals surface area contributed by atoms with Crippen molar-refractivity contribution >= 4 is 39.2 Å². The van der Waals surface area contributed by atoms with E-state index in [9.17, 15) is 4.79 Å². The summed E-state index contributed by atoms with van der Waals surface area (Å²) in [6, 6.07) is 17.1. The zero-order chi connectivity index (χ0) is 20.5. The van der Waals surface area contributed by atoms with Gasteiger partial charge in [0.25, 0.3) is 0 Å². The van der Waals surface area contributed by atoms with Crippen LogP contribution in [0.1, 0.15) is 25.0 Å². The molecule has 3 heterocycles. The first-order valence-electron chi connectivity index (χ1n) is 9.90. The van der Waals surface area contributed by atoms with E-state index in [1.807, 2.05) is 61.5 Å². The summed E-state index contributed by atoms with van der Waals surface area (Å²) in [5.74, 6) is 0.124.